The van der Waals surface area contributed by atoms with E-state index >= 15 is 0 Å². The molecule has 0 atom stereocenters. The molecule has 2 nitrogen and oxygen atoms in total. The molecule has 0 unspecified atom stereocenters. The maximum absolute atomic E-state index is 7.19. The maximum Gasteiger partial charge on any atom is 0.0202 e. The van der Waals surface area contributed by atoms with E-state index in [0.717, 1.165) is 0 Å². The van der Waals surface area contributed by atoms with Crippen molar-refractivity contribution < 1.29 is 0 Å². The van der Waals surface area contributed by atoms with Crippen molar-refractivity contribution in [1.82, 2.24) is 0 Å². The van der Waals surface area contributed by atoms with Gasteiger partial charge >= 0.3 is 0 Å². The molecule has 2 N–H and O–H groups in total. The molecule has 0 aliphatic heterocycles. The molecule has 0 amide bonds. The lowest BCUT2D eigenvalue weighted by molar-refractivity contribution is 0.864. The van der Waals surface area contributed by atoms with E-state index in [2.05, 4.69) is 0 Å². The van der Waals surface area contributed by atoms with Gasteiger partial charge in [-0.15, -0.1) is 0 Å². The Labute approximate surface area is 49.9 Å². The molecule has 8 heavy (non-hydrogen) atoms. The van der Waals surface area contributed by atoms with Crippen molar-refractivity contribution in [3.8, 4) is 0 Å². The zero-order chi connectivity index (χ0) is 6.57. The van der Waals surface area contributed by atoms with Gasteiger partial charge in [-0.1, -0.05) is 13.8 Å². The van der Waals surface area contributed by atoms with Gasteiger partial charge in [0, 0.05) is 18.3 Å². The minimum absolute atomic E-state index is 0.302. The quantitative estimate of drug-likeness (QED) is 0.522. The molecule has 0 aliphatic carbocycles. The van der Waals surface area contributed by atoms with Crippen LogP contribution in [0, 0.1) is 16.7 Å². The van der Waals surface area contributed by atoms with Crippen LogP contribution in [0.25, 0.3) is 0 Å². The highest BCUT2D eigenvalue weighted by Crippen LogP contribution is 1.95. The fourth-order valence-corrected chi connectivity index (χ4v) is 0.346. The summed E-state index contributed by atoms with van der Waals surface area (Å²) in [4.78, 5) is 0. The third-order valence-electron chi connectivity index (χ3n) is 1.02. The maximum atomic E-state index is 7.19. The van der Waals surface area contributed by atoms with E-state index in [9.17, 15) is 0 Å². The molecule has 0 aromatic carbocycles. The van der Waals surface area contributed by atoms with E-state index in [-0.39, 0.29) is 0 Å². The summed E-state index contributed by atoms with van der Waals surface area (Å²) in [5.41, 5.74) is 0.639. The van der Waals surface area contributed by atoms with Gasteiger partial charge in [0.25, 0.3) is 0 Å². The Kier molecular flexibility index (Phi) is 3.08. The van der Waals surface area contributed by atoms with E-state index in [1.54, 1.807) is 0 Å². The van der Waals surface area contributed by atoms with Crippen molar-refractivity contribution >= 4 is 11.9 Å². The highest BCUT2D eigenvalue weighted by molar-refractivity contribution is 5.93. The van der Waals surface area contributed by atoms with Gasteiger partial charge in [0.1, 0.15) is 0 Å². The zero-order valence-electron chi connectivity index (χ0n) is 5.36. The normalized spacial score (nSPS) is 9.38. The van der Waals surface area contributed by atoms with Gasteiger partial charge in [-0.3, -0.25) is 0 Å². The van der Waals surface area contributed by atoms with E-state index in [0.29, 0.717) is 18.1 Å². The first-order valence-electron chi connectivity index (χ1n) is 2.74. The van der Waals surface area contributed by atoms with Crippen LogP contribution in [0.2, 0.25) is 0 Å². The first-order valence-corrected chi connectivity index (χ1v) is 2.74. The molecule has 0 aromatic heterocycles. The molecule has 46 valence electrons. The van der Waals surface area contributed by atoms with Crippen LogP contribution in [0.4, 0.5) is 0 Å². The van der Waals surface area contributed by atoms with Crippen molar-refractivity contribution in [2.45, 2.75) is 20.3 Å². The van der Waals surface area contributed by atoms with Crippen LogP contribution in [-0.2, 0) is 0 Å². The van der Waals surface area contributed by atoms with Gasteiger partial charge in [-0.2, -0.15) is 0 Å². The average Bonchev–Trinajstić information content (AvgIpc) is 1.67. The zero-order valence-corrected chi connectivity index (χ0v) is 5.36. The van der Waals surface area contributed by atoms with Crippen molar-refractivity contribution in [3.63, 3.8) is 0 Å². The fourth-order valence-electron chi connectivity index (χ4n) is 0.346. The first-order chi connectivity index (χ1) is 3.68. The van der Waals surface area contributed by atoms with Crippen molar-refractivity contribution in [3.05, 3.63) is 0 Å². The molecule has 2 heteroatoms. The van der Waals surface area contributed by atoms with Crippen molar-refractivity contribution in [2.75, 3.05) is 0 Å². The minimum Gasteiger partial charge on any atom is -0.313 e. The topological polar surface area (TPSA) is 47.7 Å². The molecule has 0 heterocycles. The monoisotopic (exact) mass is 112 g/mol. The van der Waals surface area contributed by atoms with E-state index in [1.807, 2.05) is 13.8 Å². The van der Waals surface area contributed by atoms with Gasteiger partial charge in [0.15, 0.2) is 0 Å². The molecular weight excluding hydrogens is 100 g/mol. The molecule has 0 saturated heterocycles. The lowest BCUT2D eigenvalue weighted by Crippen LogP contribution is -2.04. The number of hydrogen-bond acceptors (Lipinski definition) is 2. The summed E-state index contributed by atoms with van der Waals surface area (Å²) >= 11 is 0. The van der Waals surface area contributed by atoms with Gasteiger partial charge in [0.05, 0.1) is 0 Å². The van der Waals surface area contributed by atoms with Gasteiger partial charge in [0.2, 0.25) is 0 Å². The highest BCUT2D eigenvalue weighted by atomic mass is 14.4. The third-order valence-corrected chi connectivity index (χ3v) is 1.02. The van der Waals surface area contributed by atoms with Crippen molar-refractivity contribution in [1.29, 1.82) is 10.8 Å². The van der Waals surface area contributed by atoms with Gasteiger partial charge < -0.3 is 10.8 Å². The second-order valence-electron chi connectivity index (χ2n) is 2.09. The highest BCUT2D eigenvalue weighted by Gasteiger charge is 1.97. The summed E-state index contributed by atoms with van der Waals surface area (Å²) in [7, 11) is 0. The molecule has 0 spiro atoms. The standard InChI is InChI=1S/C6H12N2/c1-5(2)6(8)3-4-7/h4-5,7-8H,3H2,1-2H3. The second kappa shape index (κ2) is 3.36. The number of rotatable bonds is 3. The Morgan fingerprint density at radius 3 is 2.25 bits per heavy atom. The Morgan fingerprint density at radius 2 is 2.12 bits per heavy atom. The summed E-state index contributed by atoms with van der Waals surface area (Å²) in [6.45, 7) is 3.93. The summed E-state index contributed by atoms with van der Waals surface area (Å²) in [5, 5.41) is 13.9. The van der Waals surface area contributed by atoms with Crippen LogP contribution in [0.15, 0.2) is 0 Å². The van der Waals surface area contributed by atoms with E-state index in [1.165, 1.54) is 6.21 Å². The second-order valence-corrected chi connectivity index (χ2v) is 2.09. The summed E-state index contributed by atoms with van der Waals surface area (Å²) in [5.74, 6) is 0.302. The third kappa shape index (κ3) is 2.50. The lowest BCUT2D eigenvalue weighted by Gasteiger charge is -2.00. The summed E-state index contributed by atoms with van der Waals surface area (Å²) in [6.07, 6.45) is 1.78. The van der Waals surface area contributed by atoms with Gasteiger partial charge in [-0.05, 0) is 5.92 Å². The largest absolute Gasteiger partial charge is 0.313 e. The predicted octanol–water partition coefficient (Wildman–Crippen LogP) is 1.70. The van der Waals surface area contributed by atoms with Gasteiger partial charge in [-0.25, -0.2) is 0 Å². The minimum atomic E-state index is 0.302. The van der Waals surface area contributed by atoms with Crippen LogP contribution in [0.3, 0.4) is 0 Å². The number of nitrogens with one attached hydrogen (secondary N) is 2. The first kappa shape index (κ1) is 7.34. The fraction of sp³-hybridized carbons (Fsp3) is 0.667. The molecule has 0 aromatic rings. The van der Waals surface area contributed by atoms with Crippen molar-refractivity contribution in [2.24, 2.45) is 5.92 Å². The van der Waals surface area contributed by atoms with E-state index in [4.69, 9.17) is 10.8 Å². The summed E-state index contributed by atoms with van der Waals surface area (Å²) < 4.78 is 0. The Bertz CT molecular complexity index is 94.7. The molecule has 0 radical (unpaired) electrons. The number of hydrogen-bond donors (Lipinski definition) is 2. The van der Waals surface area contributed by atoms with Crippen LogP contribution in [-0.4, -0.2) is 11.9 Å². The summed E-state index contributed by atoms with van der Waals surface area (Å²) in [6, 6.07) is 0. The Hall–Kier alpha value is -0.660. The van der Waals surface area contributed by atoms with E-state index < -0.39 is 0 Å². The Morgan fingerprint density at radius 1 is 1.62 bits per heavy atom. The smallest absolute Gasteiger partial charge is 0.0202 e. The predicted molar refractivity (Wildman–Crippen MR) is 36.0 cm³/mol. The molecule has 0 saturated carbocycles. The van der Waals surface area contributed by atoms with Crippen LogP contribution < -0.4 is 0 Å². The lowest BCUT2D eigenvalue weighted by atomic mass is 10.1. The van der Waals surface area contributed by atoms with Crippen LogP contribution in [0.5, 0.6) is 0 Å². The average molecular weight is 112 g/mol. The molecule has 0 fully saturated rings. The molecule has 0 rings (SSSR count). The van der Waals surface area contributed by atoms with Crippen LogP contribution >= 0.6 is 0 Å². The Balaban J connectivity index is 3.48. The molecular formula is C6H12N2. The molecule has 0 aliphatic rings. The van der Waals surface area contributed by atoms with Crippen LogP contribution in [0.1, 0.15) is 20.3 Å². The molecule has 0 bridgehead atoms. The SMILES string of the molecule is CC(C)C(=N)CC=N.